The zero-order valence-corrected chi connectivity index (χ0v) is 13.0. The highest BCUT2D eigenvalue weighted by Gasteiger charge is 2.25. The van der Waals surface area contributed by atoms with Gasteiger partial charge in [-0.3, -0.25) is 19.6 Å². The number of nitrogens with one attached hydrogen (secondary N) is 2. The quantitative estimate of drug-likeness (QED) is 0.257. The number of aromatic amines is 2. The van der Waals surface area contributed by atoms with Gasteiger partial charge in [-0.15, -0.1) is 11.8 Å². The highest BCUT2D eigenvalue weighted by Crippen LogP contribution is 2.22. The van der Waals surface area contributed by atoms with Crippen LogP contribution in [0.1, 0.15) is 6.92 Å². The average molecular weight is 350 g/mol. The lowest BCUT2D eigenvalue weighted by molar-refractivity contribution is -0.114. The standard InChI is InChI=1S/C12H18N2O8S/c1-5(16)4-23-9-10(20)13-12(21)14-11(9)22-3-7(18)8(19)6(17)2-15/h6-8,15,17-19H,2-4H2,1H3,(H2,13,14,20,21). The van der Waals surface area contributed by atoms with Crippen molar-refractivity contribution in [3.63, 3.8) is 0 Å². The molecule has 1 rings (SSSR count). The van der Waals surface area contributed by atoms with Gasteiger partial charge in [-0.1, -0.05) is 0 Å². The van der Waals surface area contributed by atoms with Gasteiger partial charge in [0.1, 0.15) is 35.6 Å². The molecule has 0 radical (unpaired) electrons. The fraction of sp³-hybridized carbons (Fsp3) is 0.583. The van der Waals surface area contributed by atoms with Crippen molar-refractivity contribution in [2.45, 2.75) is 30.1 Å². The van der Waals surface area contributed by atoms with Crippen LogP contribution in [0.25, 0.3) is 0 Å². The molecule has 1 aromatic rings. The predicted octanol–water partition coefficient (Wildman–Crippen LogP) is -2.80. The highest BCUT2D eigenvalue weighted by molar-refractivity contribution is 8.00. The third kappa shape index (κ3) is 5.80. The minimum atomic E-state index is -1.68. The molecular formula is C12H18N2O8S. The Labute approximate surface area is 134 Å². The summed E-state index contributed by atoms with van der Waals surface area (Å²) >= 11 is 0.839. The Bertz CT molecular complexity index is 643. The first-order valence-corrected chi connectivity index (χ1v) is 7.51. The van der Waals surface area contributed by atoms with E-state index in [0.29, 0.717) is 0 Å². The van der Waals surface area contributed by atoms with Crippen LogP contribution < -0.4 is 16.0 Å². The van der Waals surface area contributed by atoms with Gasteiger partial charge < -0.3 is 25.2 Å². The molecule has 0 aliphatic carbocycles. The van der Waals surface area contributed by atoms with Crippen LogP contribution in [-0.2, 0) is 4.79 Å². The molecule has 6 N–H and O–H groups in total. The van der Waals surface area contributed by atoms with E-state index in [-0.39, 0.29) is 22.3 Å². The van der Waals surface area contributed by atoms with E-state index in [2.05, 4.69) is 4.98 Å². The van der Waals surface area contributed by atoms with Gasteiger partial charge in [0.05, 0.1) is 12.4 Å². The number of ether oxygens (including phenoxy) is 1. The lowest BCUT2D eigenvalue weighted by Crippen LogP contribution is -2.42. The van der Waals surface area contributed by atoms with Crippen molar-refractivity contribution < 1.29 is 30.0 Å². The van der Waals surface area contributed by atoms with E-state index in [4.69, 9.17) is 9.84 Å². The third-order valence-corrected chi connectivity index (χ3v) is 3.87. The van der Waals surface area contributed by atoms with E-state index >= 15 is 0 Å². The fourth-order valence-electron chi connectivity index (χ4n) is 1.49. The highest BCUT2D eigenvalue weighted by atomic mass is 32.2. The topological polar surface area (TPSA) is 173 Å². The maximum atomic E-state index is 11.7. The molecule has 130 valence electrons. The van der Waals surface area contributed by atoms with E-state index in [1.165, 1.54) is 6.92 Å². The van der Waals surface area contributed by atoms with E-state index in [9.17, 15) is 29.7 Å². The van der Waals surface area contributed by atoms with Crippen LogP contribution in [0.2, 0.25) is 0 Å². The Morgan fingerprint density at radius 1 is 1.22 bits per heavy atom. The second-order valence-corrected chi connectivity index (χ2v) is 5.66. The van der Waals surface area contributed by atoms with Crippen LogP contribution in [0.15, 0.2) is 14.5 Å². The number of rotatable bonds is 9. The molecule has 0 amide bonds. The van der Waals surface area contributed by atoms with Crippen LogP contribution in [0.5, 0.6) is 5.88 Å². The number of carbonyl (C=O) groups is 1. The summed E-state index contributed by atoms with van der Waals surface area (Å²) in [5.74, 6) is -0.498. The number of aliphatic hydroxyl groups excluding tert-OH is 4. The second-order valence-electron chi connectivity index (χ2n) is 4.68. The third-order valence-electron chi connectivity index (χ3n) is 2.66. The molecular weight excluding hydrogens is 332 g/mol. The van der Waals surface area contributed by atoms with Gasteiger partial charge in [0, 0.05) is 0 Å². The summed E-state index contributed by atoms with van der Waals surface area (Å²) in [6, 6.07) is 0. The Balaban J connectivity index is 2.88. The molecule has 3 atom stereocenters. The summed E-state index contributed by atoms with van der Waals surface area (Å²) in [5, 5.41) is 37.0. The molecule has 3 unspecified atom stereocenters. The van der Waals surface area contributed by atoms with E-state index < -0.39 is 42.8 Å². The van der Waals surface area contributed by atoms with Gasteiger partial charge in [0.25, 0.3) is 5.56 Å². The van der Waals surface area contributed by atoms with Crippen molar-refractivity contribution >= 4 is 17.5 Å². The second kappa shape index (κ2) is 8.84. The average Bonchev–Trinajstić information content (AvgIpc) is 2.49. The van der Waals surface area contributed by atoms with Crippen LogP contribution in [0.4, 0.5) is 0 Å². The fourth-order valence-corrected chi connectivity index (χ4v) is 2.26. The predicted molar refractivity (Wildman–Crippen MR) is 79.7 cm³/mol. The van der Waals surface area contributed by atoms with Crippen molar-refractivity contribution in [1.82, 2.24) is 9.97 Å². The molecule has 0 spiro atoms. The molecule has 1 aromatic heterocycles. The number of ketones is 1. The Morgan fingerprint density at radius 3 is 2.43 bits per heavy atom. The first kappa shape index (κ1) is 19.4. The number of aromatic nitrogens is 2. The van der Waals surface area contributed by atoms with E-state index in [1.54, 1.807) is 0 Å². The zero-order chi connectivity index (χ0) is 17.6. The lowest BCUT2D eigenvalue weighted by Gasteiger charge is -2.21. The summed E-state index contributed by atoms with van der Waals surface area (Å²) in [6.45, 7) is -0.00514. The number of H-pyrrole nitrogens is 2. The summed E-state index contributed by atoms with van der Waals surface area (Å²) in [7, 11) is 0. The van der Waals surface area contributed by atoms with Gasteiger partial charge in [0.15, 0.2) is 0 Å². The Hall–Kier alpha value is -1.66. The molecule has 0 bridgehead atoms. The van der Waals surface area contributed by atoms with Crippen molar-refractivity contribution in [2.24, 2.45) is 0 Å². The minimum absolute atomic E-state index is 0.0279. The van der Waals surface area contributed by atoms with Crippen LogP contribution in [-0.4, -0.2) is 73.5 Å². The normalized spacial score (nSPS) is 15.0. The molecule has 10 nitrogen and oxygen atoms in total. The SMILES string of the molecule is CC(=O)CSc1c(OCC(O)C(O)C(O)CO)[nH]c(=O)[nH]c1=O. The van der Waals surface area contributed by atoms with Crippen LogP contribution >= 0.6 is 11.8 Å². The van der Waals surface area contributed by atoms with Gasteiger partial charge >= 0.3 is 5.69 Å². The number of carbonyl (C=O) groups excluding carboxylic acids is 1. The number of hydrogen-bond donors (Lipinski definition) is 6. The molecule has 23 heavy (non-hydrogen) atoms. The summed E-state index contributed by atoms with van der Waals surface area (Å²) in [5.41, 5.74) is -1.61. The largest absolute Gasteiger partial charge is 0.475 e. The number of hydrogen-bond acceptors (Lipinski definition) is 9. The molecule has 11 heteroatoms. The summed E-state index contributed by atoms with van der Waals surface area (Å²) in [4.78, 5) is 38.1. The van der Waals surface area contributed by atoms with Gasteiger partial charge in [-0.25, -0.2) is 4.79 Å². The monoisotopic (exact) mass is 350 g/mol. The van der Waals surface area contributed by atoms with Gasteiger partial charge in [-0.05, 0) is 6.92 Å². The van der Waals surface area contributed by atoms with Crippen molar-refractivity contribution in [3.05, 3.63) is 20.8 Å². The smallest absolute Gasteiger partial charge is 0.328 e. The van der Waals surface area contributed by atoms with Gasteiger partial charge in [-0.2, -0.15) is 0 Å². The molecule has 0 saturated carbocycles. The zero-order valence-electron chi connectivity index (χ0n) is 12.2. The van der Waals surface area contributed by atoms with Crippen LogP contribution in [0, 0.1) is 0 Å². The van der Waals surface area contributed by atoms with Gasteiger partial charge in [0.2, 0.25) is 5.88 Å². The summed E-state index contributed by atoms with van der Waals surface area (Å²) < 4.78 is 5.10. The van der Waals surface area contributed by atoms with Crippen molar-refractivity contribution in [2.75, 3.05) is 19.0 Å². The first-order valence-electron chi connectivity index (χ1n) is 6.53. The van der Waals surface area contributed by atoms with E-state index in [1.807, 2.05) is 4.98 Å². The maximum absolute atomic E-state index is 11.7. The number of aliphatic hydroxyl groups is 4. The minimum Gasteiger partial charge on any atom is -0.475 e. The number of Topliss-reactive ketones (excluding diaryl/α,β-unsaturated/α-hetero) is 1. The van der Waals surface area contributed by atoms with Crippen molar-refractivity contribution in [1.29, 1.82) is 0 Å². The molecule has 0 fully saturated rings. The number of thioether (sulfide) groups is 1. The molecule has 1 heterocycles. The van der Waals surface area contributed by atoms with Crippen LogP contribution in [0.3, 0.4) is 0 Å². The Morgan fingerprint density at radius 2 is 1.87 bits per heavy atom. The molecule has 0 aliphatic rings. The molecule has 0 aromatic carbocycles. The Kier molecular flexibility index (Phi) is 7.45. The van der Waals surface area contributed by atoms with E-state index in [0.717, 1.165) is 11.8 Å². The van der Waals surface area contributed by atoms with Crippen molar-refractivity contribution in [3.8, 4) is 5.88 Å². The summed E-state index contributed by atoms with van der Waals surface area (Å²) in [6.07, 6.45) is -4.83. The first-order chi connectivity index (χ1) is 10.8. The lowest BCUT2D eigenvalue weighted by atomic mass is 10.1. The molecule has 0 aliphatic heterocycles. The maximum Gasteiger partial charge on any atom is 0.328 e. The molecule has 0 saturated heterocycles.